The zero-order valence-electron chi connectivity index (χ0n) is 8.76. The zero-order chi connectivity index (χ0) is 12.6. The van der Waals surface area contributed by atoms with Crippen LogP contribution >= 0.6 is 0 Å². The van der Waals surface area contributed by atoms with Gasteiger partial charge in [-0.25, -0.2) is 9.59 Å². The normalized spacial score (nSPS) is 10.4. The summed E-state index contributed by atoms with van der Waals surface area (Å²) >= 11 is 0. The third-order valence-corrected chi connectivity index (χ3v) is 1.39. The van der Waals surface area contributed by atoms with Crippen molar-refractivity contribution in [1.82, 2.24) is 0 Å². The number of carbonyl (C=O) groups excluding carboxylic acids is 4. The average molecular weight is 226 g/mol. The molecule has 0 amide bonds. The summed E-state index contributed by atoms with van der Waals surface area (Å²) in [6.07, 6.45) is 3.14. The molecule has 0 rings (SSSR count). The van der Waals surface area contributed by atoms with Gasteiger partial charge in [0.15, 0.2) is 0 Å². The number of allylic oxidation sites excluding steroid dienone is 2. The molecule has 0 saturated carbocycles. The van der Waals surface area contributed by atoms with Crippen molar-refractivity contribution in [1.29, 1.82) is 0 Å². The highest BCUT2D eigenvalue weighted by Gasteiger charge is 2.07. The molecule has 0 aliphatic rings. The molecular weight excluding hydrogens is 216 g/mol. The van der Waals surface area contributed by atoms with Gasteiger partial charge in [-0.15, -0.1) is 0 Å². The Morgan fingerprint density at radius 2 is 1.00 bits per heavy atom. The first kappa shape index (κ1) is 13.8. The van der Waals surface area contributed by atoms with E-state index in [0.717, 1.165) is 38.5 Å². The van der Waals surface area contributed by atoms with Crippen LogP contribution in [0.4, 0.5) is 0 Å². The van der Waals surface area contributed by atoms with Gasteiger partial charge in [0.25, 0.3) is 0 Å². The van der Waals surface area contributed by atoms with E-state index in [-0.39, 0.29) is 0 Å². The van der Waals surface area contributed by atoms with Crippen LogP contribution in [0, 0.1) is 0 Å². The van der Waals surface area contributed by atoms with Crippen LogP contribution in [0.1, 0.15) is 0 Å². The highest BCUT2D eigenvalue weighted by molar-refractivity contribution is 6.46. The van der Waals surface area contributed by atoms with Crippen LogP contribution in [0.3, 0.4) is 0 Å². The van der Waals surface area contributed by atoms with Crippen LogP contribution in [-0.2, 0) is 28.7 Å². The van der Waals surface area contributed by atoms with Gasteiger partial charge in [0, 0.05) is 12.2 Å². The summed E-state index contributed by atoms with van der Waals surface area (Å²) in [6.45, 7) is 0. The summed E-state index contributed by atoms with van der Waals surface area (Å²) in [7, 11) is 2.27. The third-order valence-electron chi connectivity index (χ3n) is 1.39. The maximum Gasteiger partial charge on any atom is 0.330 e. The topological polar surface area (TPSA) is 86.7 Å². The maximum atomic E-state index is 11.0. The highest BCUT2D eigenvalue weighted by atomic mass is 16.5. The molecule has 0 spiro atoms. The van der Waals surface area contributed by atoms with Crippen molar-refractivity contribution >= 4 is 23.5 Å². The van der Waals surface area contributed by atoms with E-state index in [4.69, 9.17) is 0 Å². The number of ether oxygens (including phenoxy) is 2. The van der Waals surface area contributed by atoms with Crippen LogP contribution < -0.4 is 0 Å². The van der Waals surface area contributed by atoms with Crippen LogP contribution in [-0.4, -0.2) is 37.7 Å². The molecule has 0 bridgehead atoms. The molecule has 0 unspecified atom stereocenters. The summed E-state index contributed by atoms with van der Waals surface area (Å²) in [5.41, 5.74) is 0. The lowest BCUT2D eigenvalue weighted by atomic mass is 10.2. The quantitative estimate of drug-likeness (QED) is 0.359. The summed E-state index contributed by atoms with van der Waals surface area (Å²) in [4.78, 5) is 43.2. The number of esters is 2. The number of rotatable bonds is 5. The van der Waals surface area contributed by atoms with E-state index in [1.807, 2.05) is 0 Å². The van der Waals surface area contributed by atoms with Crippen molar-refractivity contribution in [2.75, 3.05) is 14.2 Å². The molecule has 0 atom stereocenters. The monoisotopic (exact) mass is 226 g/mol. The second kappa shape index (κ2) is 7.10. The lowest BCUT2D eigenvalue weighted by Gasteiger charge is -1.90. The van der Waals surface area contributed by atoms with Crippen molar-refractivity contribution in [3.8, 4) is 0 Å². The van der Waals surface area contributed by atoms with Crippen molar-refractivity contribution in [2.24, 2.45) is 0 Å². The van der Waals surface area contributed by atoms with E-state index >= 15 is 0 Å². The van der Waals surface area contributed by atoms with E-state index < -0.39 is 23.5 Å². The Kier molecular flexibility index (Phi) is 6.11. The van der Waals surface area contributed by atoms with E-state index in [9.17, 15) is 19.2 Å². The molecule has 0 saturated heterocycles. The minimum Gasteiger partial charge on any atom is -0.466 e. The Morgan fingerprint density at radius 1 is 0.688 bits per heavy atom. The first-order chi connectivity index (χ1) is 7.51. The minimum atomic E-state index is -0.939. The predicted molar refractivity (Wildman–Crippen MR) is 52.3 cm³/mol. The molecule has 0 aliphatic carbocycles. The molecule has 16 heavy (non-hydrogen) atoms. The standard InChI is InChI=1S/C10H10O6/c1-15-9(13)5-3-7(11)8(12)4-6-10(14)16-2/h3-6H,1-2H3/b5-3+,6-4+. The molecule has 0 N–H and O–H groups in total. The Morgan fingerprint density at radius 3 is 1.25 bits per heavy atom. The van der Waals surface area contributed by atoms with Crippen LogP contribution in [0.5, 0.6) is 0 Å². The van der Waals surface area contributed by atoms with Gasteiger partial charge in [-0.05, 0) is 12.2 Å². The molecule has 0 aromatic carbocycles. The Balaban J connectivity index is 4.36. The molecule has 0 aromatic rings. The van der Waals surface area contributed by atoms with Gasteiger partial charge in [-0.2, -0.15) is 0 Å². The molecule has 0 radical (unpaired) electrons. The third kappa shape index (κ3) is 5.48. The van der Waals surface area contributed by atoms with Gasteiger partial charge in [-0.1, -0.05) is 0 Å². The number of ketones is 2. The highest BCUT2D eigenvalue weighted by Crippen LogP contribution is 1.87. The average Bonchev–Trinajstić information content (AvgIpc) is 2.31. The number of hydrogen-bond donors (Lipinski definition) is 0. The van der Waals surface area contributed by atoms with E-state index in [1.54, 1.807) is 0 Å². The maximum absolute atomic E-state index is 11.0. The molecule has 0 heterocycles. The summed E-state index contributed by atoms with van der Waals surface area (Å²) < 4.78 is 8.43. The van der Waals surface area contributed by atoms with Crippen molar-refractivity contribution < 1.29 is 28.7 Å². The van der Waals surface area contributed by atoms with Crippen LogP contribution in [0.15, 0.2) is 24.3 Å². The predicted octanol–water partition coefficient (Wildman–Crippen LogP) is -0.417. The second-order valence-electron chi connectivity index (χ2n) is 2.44. The number of methoxy groups -OCH3 is 2. The number of hydrogen-bond acceptors (Lipinski definition) is 6. The first-order valence-corrected chi connectivity index (χ1v) is 4.11. The fourth-order valence-corrected chi connectivity index (χ4v) is 0.588. The molecular formula is C10H10O6. The molecule has 6 heteroatoms. The van der Waals surface area contributed by atoms with Crippen LogP contribution in [0.25, 0.3) is 0 Å². The summed E-state index contributed by atoms with van der Waals surface area (Å²) in [5, 5.41) is 0. The Hall–Kier alpha value is -2.24. The zero-order valence-corrected chi connectivity index (χ0v) is 8.76. The van der Waals surface area contributed by atoms with E-state index in [0.29, 0.717) is 0 Å². The first-order valence-electron chi connectivity index (χ1n) is 4.11. The van der Waals surface area contributed by atoms with E-state index in [2.05, 4.69) is 9.47 Å². The van der Waals surface area contributed by atoms with Gasteiger partial charge in [0.2, 0.25) is 11.6 Å². The molecule has 0 fully saturated rings. The van der Waals surface area contributed by atoms with Crippen LogP contribution in [0.2, 0.25) is 0 Å². The lowest BCUT2D eigenvalue weighted by molar-refractivity contribution is -0.136. The SMILES string of the molecule is COC(=O)/C=C/C(=O)C(=O)/C=C/C(=O)OC. The Labute approximate surface area is 91.5 Å². The summed E-state index contributed by atoms with van der Waals surface area (Å²) in [6, 6.07) is 0. The molecule has 6 nitrogen and oxygen atoms in total. The van der Waals surface area contributed by atoms with Crippen molar-refractivity contribution in [3.05, 3.63) is 24.3 Å². The minimum absolute atomic E-state index is 0.752. The lowest BCUT2D eigenvalue weighted by Crippen LogP contribution is -2.09. The Bertz CT molecular complexity index is 328. The van der Waals surface area contributed by atoms with Gasteiger partial charge >= 0.3 is 11.9 Å². The van der Waals surface area contributed by atoms with Crippen molar-refractivity contribution in [3.63, 3.8) is 0 Å². The molecule has 86 valence electrons. The largest absolute Gasteiger partial charge is 0.466 e. The fourth-order valence-electron chi connectivity index (χ4n) is 0.588. The smallest absolute Gasteiger partial charge is 0.330 e. The second-order valence-corrected chi connectivity index (χ2v) is 2.44. The molecule has 0 aromatic heterocycles. The van der Waals surface area contributed by atoms with Crippen molar-refractivity contribution in [2.45, 2.75) is 0 Å². The van der Waals surface area contributed by atoms with Gasteiger partial charge < -0.3 is 9.47 Å². The fraction of sp³-hybridized carbons (Fsp3) is 0.200. The molecule has 0 aliphatic heterocycles. The van der Waals surface area contributed by atoms with Gasteiger partial charge in [0.05, 0.1) is 14.2 Å². The summed E-state index contributed by atoms with van der Waals surface area (Å²) in [5.74, 6) is -3.38. The van der Waals surface area contributed by atoms with Gasteiger partial charge in [-0.3, -0.25) is 9.59 Å². The van der Waals surface area contributed by atoms with Gasteiger partial charge in [0.1, 0.15) is 0 Å². The van der Waals surface area contributed by atoms with E-state index in [1.165, 1.54) is 0 Å². The number of carbonyl (C=O) groups is 4.